The van der Waals surface area contributed by atoms with Crippen LogP contribution in [0.5, 0.6) is 0 Å². The Morgan fingerprint density at radius 2 is 1.89 bits per heavy atom. The van der Waals surface area contributed by atoms with Crippen molar-refractivity contribution < 1.29 is 0 Å². The Morgan fingerprint density at radius 1 is 1.17 bits per heavy atom. The minimum atomic E-state index is 0.942. The Labute approximate surface area is 124 Å². The van der Waals surface area contributed by atoms with Gasteiger partial charge in [-0.05, 0) is 49.9 Å². The highest BCUT2D eigenvalue weighted by molar-refractivity contribution is 9.11. The zero-order valence-corrected chi connectivity index (χ0v) is 13.3. The predicted octanol–water partition coefficient (Wildman–Crippen LogP) is 4.29. The van der Waals surface area contributed by atoms with Crippen LogP contribution in [0.3, 0.4) is 0 Å². The lowest BCUT2D eigenvalue weighted by atomic mass is 10.1. The Hall–Kier alpha value is -0.870. The van der Waals surface area contributed by atoms with Crippen molar-refractivity contribution in [2.24, 2.45) is 0 Å². The van der Waals surface area contributed by atoms with Crippen LogP contribution in [0.15, 0.2) is 51.5 Å². The Bertz CT molecular complexity index is 514. The standard InChI is InChI=1S/C14H14Br2N2/c1-18(8-7-11-5-3-2-4-6-11)14-13(16)9-12(15)10-17-14/h2-6,9-10H,7-8H2,1H3. The SMILES string of the molecule is CN(CCc1ccccc1)c1ncc(Br)cc1Br. The Morgan fingerprint density at radius 3 is 2.56 bits per heavy atom. The second-order valence-electron chi connectivity index (χ2n) is 4.12. The molecular formula is C14H14Br2N2. The van der Waals surface area contributed by atoms with E-state index in [4.69, 9.17) is 0 Å². The monoisotopic (exact) mass is 368 g/mol. The molecule has 1 aromatic heterocycles. The summed E-state index contributed by atoms with van der Waals surface area (Å²) in [4.78, 5) is 6.58. The molecule has 0 bridgehead atoms. The van der Waals surface area contributed by atoms with Crippen LogP contribution in [-0.2, 0) is 6.42 Å². The molecule has 0 aliphatic rings. The van der Waals surface area contributed by atoms with E-state index in [1.807, 2.05) is 18.3 Å². The number of nitrogens with zero attached hydrogens (tertiary/aromatic N) is 2. The van der Waals surface area contributed by atoms with Crippen molar-refractivity contribution in [1.29, 1.82) is 0 Å². The number of likely N-dealkylation sites (N-methyl/N-ethyl adjacent to an activating group) is 1. The lowest BCUT2D eigenvalue weighted by molar-refractivity contribution is 0.856. The van der Waals surface area contributed by atoms with Crippen LogP contribution >= 0.6 is 31.9 Å². The van der Waals surface area contributed by atoms with E-state index >= 15 is 0 Å². The molecule has 0 aliphatic heterocycles. The fourth-order valence-electron chi connectivity index (χ4n) is 1.74. The molecule has 1 heterocycles. The molecule has 94 valence electrons. The summed E-state index contributed by atoms with van der Waals surface area (Å²) in [6.07, 6.45) is 2.83. The quantitative estimate of drug-likeness (QED) is 0.799. The highest BCUT2D eigenvalue weighted by Gasteiger charge is 2.07. The first-order valence-electron chi connectivity index (χ1n) is 5.73. The number of aromatic nitrogens is 1. The predicted molar refractivity (Wildman–Crippen MR) is 83.1 cm³/mol. The van der Waals surface area contributed by atoms with Crippen LogP contribution in [0.1, 0.15) is 5.56 Å². The molecule has 2 rings (SSSR count). The fourth-order valence-corrected chi connectivity index (χ4v) is 3.03. The third kappa shape index (κ3) is 3.56. The first kappa shape index (κ1) is 13.6. The highest BCUT2D eigenvalue weighted by Crippen LogP contribution is 2.25. The van der Waals surface area contributed by atoms with Gasteiger partial charge in [-0.3, -0.25) is 0 Å². The molecular weight excluding hydrogens is 356 g/mol. The summed E-state index contributed by atoms with van der Waals surface area (Å²) in [5, 5.41) is 0. The van der Waals surface area contributed by atoms with Gasteiger partial charge < -0.3 is 4.90 Å². The van der Waals surface area contributed by atoms with Gasteiger partial charge in [0.2, 0.25) is 0 Å². The average Bonchev–Trinajstić information content (AvgIpc) is 2.37. The fraction of sp³-hybridized carbons (Fsp3) is 0.214. The van der Waals surface area contributed by atoms with Crippen molar-refractivity contribution in [3.63, 3.8) is 0 Å². The molecule has 0 saturated carbocycles. The largest absolute Gasteiger partial charge is 0.358 e. The van der Waals surface area contributed by atoms with Gasteiger partial charge >= 0.3 is 0 Å². The van der Waals surface area contributed by atoms with Crippen LogP contribution < -0.4 is 4.90 Å². The van der Waals surface area contributed by atoms with Gasteiger partial charge in [0.15, 0.2) is 0 Å². The van der Waals surface area contributed by atoms with Crippen LogP contribution in [0.4, 0.5) is 5.82 Å². The van der Waals surface area contributed by atoms with Crippen molar-refractivity contribution >= 4 is 37.7 Å². The second kappa shape index (κ2) is 6.34. The maximum Gasteiger partial charge on any atom is 0.142 e. The van der Waals surface area contributed by atoms with Gasteiger partial charge in [0.1, 0.15) is 5.82 Å². The van der Waals surface area contributed by atoms with Crippen molar-refractivity contribution in [2.75, 3.05) is 18.5 Å². The van der Waals surface area contributed by atoms with Crippen molar-refractivity contribution in [3.05, 3.63) is 57.1 Å². The highest BCUT2D eigenvalue weighted by atomic mass is 79.9. The smallest absolute Gasteiger partial charge is 0.142 e. The number of hydrogen-bond acceptors (Lipinski definition) is 2. The number of halogens is 2. The van der Waals surface area contributed by atoms with Crippen LogP contribution in [0.25, 0.3) is 0 Å². The first-order valence-corrected chi connectivity index (χ1v) is 7.31. The third-order valence-electron chi connectivity index (χ3n) is 2.73. The van der Waals surface area contributed by atoms with Gasteiger partial charge in [0, 0.05) is 24.3 Å². The molecule has 2 aromatic rings. The summed E-state index contributed by atoms with van der Waals surface area (Å²) < 4.78 is 1.99. The van der Waals surface area contributed by atoms with Crippen molar-refractivity contribution in [1.82, 2.24) is 4.98 Å². The Kier molecular flexibility index (Phi) is 4.78. The molecule has 0 spiro atoms. The van der Waals surface area contributed by atoms with Crippen LogP contribution in [0.2, 0.25) is 0 Å². The molecule has 0 unspecified atom stereocenters. The molecule has 18 heavy (non-hydrogen) atoms. The third-order valence-corrected chi connectivity index (χ3v) is 3.75. The van der Waals surface area contributed by atoms with Gasteiger partial charge in [0.05, 0.1) is 4.47 Å². The zero-order chi connectivity index (χ0) is 13.0. The van der Waals surface area contributed by atoms with E-state index in [9.17, 15) is 0 Å². The van der Waals surface area contributed by atoms with Crippen molar-refractivity contribution in [3.8, 4) is 0 Å². The minimum Gasteiger partial charge on any atom is -0.358 e. The molecule has 0 aliphatic carbocycles. The van der Waals surface area contributed by atoms with Gasteiger partial charge in [-0.15, -0.1) is 0 Å². The lowest BCUT2D eigenvalue weighted by Gasteiger charge is -2.19. The number of anilines is 1. The van der Waals surface area contributed by atoms with Gasteiger partial charge in [-0.25, -0.2) is 4.98 Å². The molecule has 4 heteroatoms. The van der Waals surface area contributed by atoms with Gasteiger partial charge in [-0.1, -0.05) is 30.3 Å². The van der Waals surface area contributed by atoms with Gasteiger partial charge in [-0.2, -0.15) is 0 Å². The number of rotatable bonds is 4. The molecule has 0 N–H and O–H groups in total. The van der Waals surface area contributed by atoms with E-state index in [0.29, 0.717) is 0 Å². The molecule has 0 amide bonds. The summed E-state index contributed by atoms with van der Waals surface area (Å²) in [5.41, 5.74) is 1.34. The van der Waals surface area contributed by atoms with E-state index < -0.39 is 0 Å². The zero-order valence-electron chi connectivity index (χ0n) is 10.1. The lowest BCUT2D eigenvalue weighted by Crippen LogP contribution is -2.21. The molecule has 0 radical (unpaired) electrons. The maximum absolute atomic E-state index is 4.42. The molecule has 1 aromatic carbocycles. The van der Waals surface area contributed by atoms with E-state index in [1.54, 1.807) is 0 Å². The topological polar surface area (TPSA) is 16.1 Å². The minimum absolute atomic E-state index is 0.942. The number of pyridine rings is 1. The summed E-state index contributed by atoms with van der Waals surface area (Å²) in [7, 11) is 2.06. The van der Waals surface area contributed by atoms with E-state index in [0.717, 1.165) is 27.7 Å². The van der Waals surface area contributed by atoms with E-state index in [-0.39, 0.29) is 0 Å². The summed E-state index contributed by atoms with van der Waals surface area (Å²) >= 11 is 6.95. The van der Waals surface area contributed by atoms with Crippen LogP contribution in [0, 0.1) is 0 Å². The number of benzene rings is 1. The first-order chi connectivity index (χ1) is 8.66. The average molecular weight is 370 g/mol. The van der Waals surface area contributed by atoms with Crippen LogP contribution in [-0.4, -0.2) is 18.6 Å². The van der Waals surface area contributed by atoms with Gasteiger partial charge in [0.25, 0.3) is 0 Å². The van der Waals surface area contributed by atoms with Crippen molar-refractivity contribution in [2.45, 2.75) is 6.42 Å². The van der Waals surface area contributed by atoms with E-state index in [2.05, 4.69) is 73.1 Å². The molecule has 0 fully saturated rings. The summed E-state index contributed by atoms with van der Waals surface area (Å²) in [6.45, 7) is 0.942. The maximum atomic E-state index is 4.42. The molecule has 2 nitrogen and oxygen atoms in total. The number of hydrogen-bond donors (Lipinski definition) is 0. The summed E-state index contributed by atoms with van der Waals surface area (Å²) in [5.74, 6) is 0.967. The molecule has 0 atom stereocenters. The molecule has 0 saturated heterocycles. The normalized spacial score (nSPS) is 10.4. The second-order valence-corrected chi connectivity index (χ2v) is 5.89. The Balaban J connectivity index is 2.01. The van der Waals surface area contributed by atoms with E-state index in [1.165, 1.54) is 5.56 Å². The summed E-state index contributed by atoms with van der Waals surface area (Å²) in [6, 6.07) is 12.5.